The first-order chi connectivity index (χ1) is 10.1. The van der Waals surface area contributed by atoms with E-state index in [9.17, 15) is 4.79 Å². The molecule has 1 aromatic heterocycles. The van der Waals surface area contributed by atoms with E-state index in [4.69, 9.17) is 5.11 Å². The summed E-state index contributed by atoms with van der Waals surface area (Å²) < 4.78 is 2.00. The van der Waals surface area contributed by atoms with Crippen LogP contribution in [0.25, 0.3) is 16.7 Å². The minimum absolute atomic E-state index is 0.00478. The van der Waals surface area contributed by atoms with Crippen LogP contribution in [0.4, 0.5) is 0 Å². The first-order valence-corrected chi connectivity index (χ1v) is 7.53. The van der Waals surface area contributed by atoms with Crippen LogP contribution in [0.1, 0.15) is 5.56 Å². The predicted octanol–water partition coefficient (Wildman–Crippen LogP) is 3.51. The smallest absolute Gasteiger partial charge is 0.313 e. The van der Waals surface area contributed by atoms with Gasteiger partial charge >= 0.3 is 5.97 Å². The van der Waals surface area contributed by atoms with Crippen molar-refractivity contribution in [3.8, 4) is 5.69 Å². The van der Waals surface area contributed by atoms with Crippen LogP contribution in [0.15, 0.2) is 53.7 Å². The third-order valence-corrected chi connectivity index (χ3v) is 4.07. The van der Waals surface area contributed by atoms with Gasteiger partial charge in [-0.15, -0.1) is 0 Å². The SMILES string of the molecule is Cc1ccc(-n2c(SCC(=O)O)nc3ccccc32)cc1. The highest BCUT2D eigenvalue weighted by atomic mass is 32.2. The van der Waals surface area contributed by atoms with Gasteiger partial charge in [0.2, 0.25) is 0 Å². The number of hydrogen-bond acceptors (Lipinski definition) is 3. The summed E-state index contributed by atoms with van der Waals surface area (Å²) in [4.78, 5) is 15.4. The molecule has 0 aliphatic carbocycles. The van der Waals surface area contributed by atoms with Crippen molar-refractivity contribution in [2.75, 3.05) is 5.75 Å². The van der Waals surface area contributed by atoms with E-state index in [-0.39, 0.29) is 5.75 Å². The third kappa shape index (κ3) is 2.78. The molecule has 2 aromatic carbocycles. The molecule has 0 saturated carbocycles. The van der Waals surface area contributed by atoms with Gasteiger partial charge in [-0.1, -0.05) is 41.6 Å². The van der Waals surface area contributed by atoms with Crippen molar-refractivity contribution in [1.29, 1.82) is 0 Å². The highest BCUT2D eigenvalue weighted by Crippen LogP contribution is 2.27. The number of rotatable bonds is 4. The predicted molar refractivity (Wildman–Crippen MR) is 84.2 cm³/mol. The molecule has 5 heteroatoms. The Morgan fingerprint density at radius 1 is 1.19 bits per heavy atom. The summed E-state index contributed by atoms with van der Waals surface area (Å²) in [6.07, 6.45) is 0. The average Bonchev–Trinajstić information content (AvgIpc) is 2.84. The molecule has 0 radical (unpaired) electrons. The monoisotopic (exact) mass is 298 g/mol. The Kier molecular flexibility index (Phi) is 3.66. The summed E-state index contributed by atoms with van der Waals surface area (Å²) in [7, 11) is 0. The maximum absolute atomic E-state index is 10.8. The second-order valence-electron chi connectivity index (χ2n) is 4.74. The quantitative estimate of drug-likeness (QED) is 0.749. The van der Waals surface area contributed by atoms with Gasteiger partial charge in [0.25, 0.3) is 0 Å². The molecule has 0 aliphatic rings. The highest BCUT2D eigenvalue weighted by Gasteiger charge is 2.13. The Morgan fingerprint density at radius 2 is 1.90 bits per heavy atom. The van der Waals surface area contributed by atoms with Crippen LogP contribution in [0.5, 0.6) is 0 Å². The van der Waals surface area contributed by atoms with E-state index in [0.717, 1.165) is 16.7 Å². The highest BCUT2D eigenvalue weighted by molar-refractivity contribution is 7.99. The number of aliphatic carboxylic acids is 1. The van der Waals surface area contributed by atoms with Crippen LogP contribution in [0.2, 0.25) is 0 Å². The number of hydrogen-bond donors (Lipinski definition) is 1. The Bertz CT molecular complexity index is 794. The normalized spacial score (nSPS) is 10.9. The minimum Gasteiger partial charge on any atom is -0.481 e. The zero-order valence-corrected chi connectivity index (χ0v) is 12.3. The van der Waals surface area contributed by atoms with Crippen LogP contribution in [0, 0.1) is 6.92 Å². The maximum atomic E-state index is 10.8. The zero-order chi connectivity index (χ0) is 14.8. The lowest BCUT2D eigenvalue weighted by molar-refractivity contribution is -0.133. The Morgan fingerprint density at radius 3 is 2.62 bits per heavy atom. The number of imidazole rings is 1. The number of aromatic nitrogens is 2. The molecule has 3 aromatic rings. The largest absolute Gasteiger partial charge is 0.481 e. The van der Waals surface area contributed by atoms with Gasteiger partial charge < -0.3 is 5.11 Å². The number of carboxylic acid groups (broad SMARTS) is 1. The Labute approximate surface area is 126 Å². The van der Waals surface area contributed by atoms with E-state index in [1.54, 1.807) is 0 Å². The van der Waals surface area contributed by atoms with Gasteiger partial charge in [-0.2, -0.15) is 0 Å². The van der Waals surface area contributed by atoms with Crippen molar-refractivity contribution in [1.82, 2.24) is 9.55 Å². The lowest BCUT2D eigenvalue weighted by Crippen LogP contribution is -2.01. The number of aryl methyl sites for hydroxylation is 1. The number of carboxylic acids is 1. The molecule has 21 heavy (non-hydrogen) atoms. The number of benzene rings is 2. The van der Waals surface area contributed by atoms with Crippen molar-refractivity contribution >= 4 is 28.8 Å². The molecule has 1 heterocycles. The molecule has 1 N–H and O–H groups in total. The summed E-state index contributed by atoms with van der Waals surface area (Å²) in [5.41, 5.74) is 4.02. The summed E-state index contributed by atoms with van der Waals surface area (Å²) in [5.74, 6) is -0.850. The van der Waals surface area contributed by atoms with Gasteiger partial charge in [-0.05, 0) is 31.2 Å². The van der Waals surface area contributed by atoms with Crippen molar-refractivity contribution in [2.45, 2.75) is 12.1 Å². The van der Waals surface area contributed by atoms with Gasteiger partial charge in [0.15, 0.2) is 5.16 Å². The van der Waals surface area contributed by atoms with Crippen LogP contribution in [-0.2, 0) is 4.79 Å². The Hall–Kier alpha value is -2.27. The second kappa shape index (κ2) is 5.61. The summed E-state index contributed by atoms with van der Waals surface area (Å²) in [6.45, 7) is 2.04. The molecule has 106 valence electrons. The Balaban J connectivity index is 2.15. The van der Waals surface area contributed by atoms with E-state index in [1.165, 1.54) is 17.3 Å². The molecule has 0 bridgehead atoms. The maximum Gasteiger partial charge on any atom is 0.313 e. The van der Waals surface area contributed by atoms with Crippen molar-refractivity contribution < 1.29 is 9.90 Å². The van der Waals surface area contributed by atoms with Gasteiger partial charge in [-0.25, -0.2) is 4.98 Å². The van der Waals surface area contributed by atoms with Crippen molar-refractivity contribution in [3.63, 3.8) is 0 Å². The molecular weight excluding hydrogens is 284 g/mol. The van der Waals surface area contributed by atoms with E-state index in [1.807, 2.05) is 60.0 Å². The average molecular weight is 298 g/mol. The van der Waals surface area contributed by atoms with Crippen LogP contribution < -0.4 is 0 Å². The second-order valence-corrected chi connectivity index (χ2v) is 5.68. The first-order valence-electron chi connectivity index (χ1n) is 6.54. The molecule has 0 fully saturated rings. The third-order valence-electron chi connectivity index (χ3n) is 3.15. The lowest BCUT2D eigenvalue weighted by atomic mass is 10.2. The van der Waals surface area contributed by atoms with Crippen LogP contribution in [0.3, 0.4) is 0 Å². The molecule has 0 aliphatic heterocycles. The fourth-order valence-electron chi connectivity index (χ4n) is 2.17. The van der Waals surface area contributed by atoms with Crippen LogP contribution >= 0.6 is 11.8 Å². The van der Waals surface area contributed by atoms with E-state index < -0.39 is 5.97 Å². The molecule has 0 saturated heterocycles. The van der Waals surface area contributed by atoms with Gasteiger partial charge in [0.05, 0.1) is 16.8 Å². The van der Waals surface area contributed by atoms with Crippen LogP contribution in [-0.4, -0.2) is 26.4 Å². The van der Waals surface area contributed by atoms with Crippen molar-refractivity contribution in [2.24, 2.45) is 0 Å². The molecule has 0 unspecified atom stereocenters. The fraction of sp³-hybridized carbons (Fsp3) is 0.125. The van der Waals surface area contributed by atoms with E-state index in [2.05, 4.69) is 4.98 Å². The number of carbonyl (C=O) groups is 1. The van der Waals surface area contributed by atoms with E-state index >= 15 is 0 Å². The number of para-hydroxylation sites is 2. The fourth-order valence-corrected chi connectivity index (χ4v) is 2.92. The summed E-state index contributed by atoms with van der Waals surface area (Å²) >= 11 is 1.23. The summed E-state index contributed by atoms with van der Waals surface area (Å²) in [6, 6.07) is 15.9. The molecule has 4 nitrogen and oxygen atoms in total. The van der Waals surface area contributed by atoms with E-state index in [0.29, 0.717) is 5.16 Å². The molecular formula is C16H14N2O2S. The minimum atomic E-state index is -0.845. The van der Waals surface area contributed by atoms with Gasteiger partial charge in [0, 0.05) is 5.69 Å². The van der Waals surface area contributed by atoms with Crippen molar-refractivity contribution in [3.05, 3.63) is 54.1 Å². The first kappa shape index (κ1) is 13.7. The van der Waals surface area contributed by atoms with Gasteiger partial charge in [0.1, 0.15) is 0 Å². The topological polar surface area (TPSA) is 55.1 Å². The summed E-state index contributed by atoms with van der Waals surface area (Å²) in [5, 5.41) is 9.59. The lowest BCUT2D eigenvalue weighted by Gasteiger charge is -2.08. The molecule has 3 rings (SSSR count). The number of thioether (sulfide) groups is 1. The van der Waals surface area contributed by atoms with Gasteiger partial charge in [-0.3, -0.25) is 9.36 Å². The number of fused-ring (bicyclic) bond motifs is 1. The molecule has 0 spiro atoms. The molecule has 0 atom stereocenters. The molecule has 0 amide bonds. The number of nitrogens with zero attached hydrogens (tertiary/aromatic N) is 2. The zero-order valence-electron chi connectivity index (χ0n) is 11.5. The standard InChI is InChI=1S/C16H14N2O2S/c1-11-6-8-12(9-7-11)18-14-5-3-2-4-13(14)17-16(18)21-10-15(19)20/h2-9H,10H2,1H3,(H,19,20).